The summed E-state index contributed by atoms with van der Waals surface area (Å²) in [6.07, 6.45) is 4.95. The lowest BCUT2D eigenvalue weighted by molar-refractivity contribution is 0.398. The van der Waals surface area contributed by atoms with Crippen molar-refractivity contribution in [2.24, 2.45) is 0 Å². The molecule has 1 aromatic rings. The fourth-order valence-electron chi connectivity index (χ4n) is 2.43. The van der Waals surface area contributed by atoms with Gasteiger partial charge < -0.3 is 4.43 Å². The Balaban J connectivity index is 2.99. The van der Waals surface area contributed by atoms with Crippen LogP contribution in [-0.2, 0) is 4.43 Å². The van der Waals surface area contributed by atoms with Gasteiger partial charge in [0, 0.05) is 12.1 Å². The molecule has 0 unspecified atom stereocenters. The third-order valence-electron chi connectivity index (χ3n) is 3.61. The summed E-state index contributed by atoms with van der Waals surface area (Å²) in [6.45, 7) is 4.49. The fraction of sp³-hybridized carbons (Fsp3) is 0.600. The second-order valence-corrected chi connectivity index (χ2v) is 9.33. The summed E-state index contributed by atoms with van der Waals surface area (Å²) in [6, 6.07) is 10.7. The van der Waals surface area contributed by atoms with E-state index >= 15 is 0 Å². The summed E-state index contributed by atoms with van der Waals surface area (Å²) < 4.78 is 6.06. The molecule has 0 N–H and O–H groups in total. The van der Waals surface area contributed by atoms with E-state index in [2.05, 4.69) is 32.0 Å². The van der Waals surface area contributed by atoms with E-state index in [1.54, 1.807) is 0 Å². The van der Waals surface area contributed by atoms with Gasteiger partial charge in [0.1, 0.15) is 0 Å². The highest BCUT2D eigenvalue weighted by Gasteiger charge is 2.34. The van der Waals surface area contributed by atoms with Gasteiger partial charge in [-0.2, -0.15) is 0 Å². The van der Waals surface area contributed by atoms with Crippen LogP contribution < -0.4 is 5.19 Å². The number of hydrogen-bond donors (Lipinski definition) is 0. The van der Waals surface area contributed by atoms with Crippen LogP contribution >= 0.6 is 11.6 Å². The Morgan fingerprint density at radius 3 is 2.17 bits per heavy atom. The van der Waals surface area contributed by atoms with Crippen LogP contribution in [0.15, 0.2) is 24.3 Å². The van der Waals surface area contributed by atoms with Gasteiger partial charge in [0.2, 0.25) is 8.32 Å². The predicted octanol–water partition coefficient (Wildman–Crippen LogP) is 4.74. The summed E-state index contributed by atoms with van der Waals surface area (Å²) in [5, 5.41) is 2.19. The van der Waals surface area contributed by atoms with Crippen LogP contribution in [0, 0.1) is 0 Å². The molecule has 0 fully saturated rings. The van der Waals surface area contributed by atoms with Gasteiger partial charge in [-0.25, -0.2) is 0 Å². The number of rotatable bonds is 8. The van der Waals surface area contributed by atoms with Crippen molar-refractivity contribution < 1.29 is 4.43 Å². The lowest BCUT2D eigenvalue weighted by Crippen LogP contribution is -2.49. The second-order valence-electron chi connectivity index (χ2n) is 4.92. The van der Waals surface area contributed by atoms with Crippen molar-refractivity contribution in [2.75, 3.05) is 7.11 Å². The number of halogens is 1. The van der Waals surface area contributed by atoms with Crippen molar-refractivity contribution in [3.63, 3.8) is 0 Å². The van der Waals surface area contributed by atoms with Crippen LogP contribution in [0.2, 0.25) is 17.1 Å². The Kier molecular flexibility index (Phi) is 6.98. The van der Waals surface area contributed by atoms with E-state index in [0.29, 0.717) is 0 Å². The molecule has 0 bridgehead atoms. The molecule has 1 rings (SSSR count). The molecule has 0 aliphatic carbocycles. The van der Waals surface area contributed by atoms with Crippen molar-refractivity contribution in [1.29, 1.82) is 0 Å². The van der Waals surface area contributed by atoms with Gasteiger partial charge in [-0.3, -0.25) is 0 Å². The summed E-state index contributed by atoms with van der Waals surface area (Å²) in [5.41, 5.74) is 0. The van der Waals surface area contributed by atoms with Gasteiger partial charge in [-0.1, -0.05) is 63.3 Å². The van der Waals surface area contributed by atoms with Crippen LogP contribution in [0.1, 0.15) is 39.5 Å². The Morgan fingerprint density at radius 1 is 1.11 bits per heavy atom. The zero-order valence-electron chi connectivity index (χ0n) is 11.8. The molecule has 0 saturated carbocycles. The number of hydrogen-bond acceptors (Lipinski definition) is 1. The summed E-state index contributed by atoms with van der Waals surface area (Å²) >= 11 is 6.14. The molecule has 0 aliphatic rings. The molecule has 18 heavy (non-hydrogen) atoms. The average molecular weight is 285 g/mol. The first kappa shape index (κ1) is 15.7. The van der Waals surface area contributed by atoms with E-state index in [9.17, 15) is 0 Å². The molecular weight excluding hydrogens is 260 g/mol. The van der Waals surface area contributed by atoms with E-state index in [4.69, 9.17) is 16.0 Å². The highest BCUT2D eigenvalue weighted by molar-refractivity contribution is 6.86. The molecule has 0 aromatic heterocycles. The maximum absolute atomic E-state index is 6.14. The van der Waals surface area contributed by atoms with Crippen molar-refractivity contribution >= 4 is 25.1 Å². The molecule has 0 spiro atoms. The highest BCUT2D eigenvalue weighted by atomic mass is 35.5. The molecule has 102 valence electrons. The van der Waals surface area contributed by atoms with E-state index in [1.807, 2.05) is 13.2 Å². The minimum absolute atomic E-state index is 0.828. The topological polar surface area (TPSA) is 9.23 Å². The third kappa shape index (κ3) is 4.11. The van der Waals surface area contributed by atoms with E-state index in [0.717, 1.165) is 5.02 Å². The molecule has 1 nitrogen and oxygen atoms in total. The smallest absolute Gasteiger partial charge is 0.223 e. The van der Waals surface area contributed by atoms with Crippen molar-refractivity contribution in [1.82, 2.24) is 0 Å². The third-order valence-corrected chi connectivity index (χ3v) is 8.31. The van der Waals surface area contributed by atoms with Crippen molar-refractivity contribution in [3.8, 4) is 0 Å². The summed E-state index contributed by atoms with van der Waals surface area (Å²) in [5.74, 6) is 0. The normalized spacial score (nSPS) is 11.8. The molecule has 0 radical (unpaired) electrons. The van der Waals surface area contributed by atoms with Gasteiger partial charge in [0.15, 0.2) is 0 Å². The minimum Gasteiger partial charge on any atom is -0.415 e. The maximum atomic E-state index is 6.14. The Hall–Kier alpha value is -0.313. The van der Waals surface area contributed by atoms with Gasteiger partial charge in [0.25, 0.3) is 0 Å². The predicted molar refractivity (Wildman–Crippen MR) is 83.3 cm³/mol. The zero-order chi connectivity index (χ0) is 13.4. The molecule has 0 amide bonds. The van der Waals surface area contributed by atoms with Crippen LogP contribution in [0.3, 0.4) is 0 Å². The average Bonchev–Trinajstić information content (AvgIpc) is 2.40. The van der Waals surface area contributed by atoms with E-state index < -0.39 is 8.32 Å². The van der Waals surface area contributed by atoms with Crippen molar-refractivity contribution in [3.05, 3.63) is 29.3 Å². The van der Waals surface area contributed by atoms with Gasteiger partial charge in [-0.15, -0.1) is 0 Å². The Bertz CT molecular complexity index is 346. The minimum atomic E-state index is -1.80. The number of benzene rings is 1. The maximum Gasteiger partial charge on any atom is 0.223 e. The highest BCUT2D eigenvalue weighted by Crippen LogP contribution is 2.23. The molecule has 1 aromatic carbocycles. The number of unbranched alkanes of at least 4 members (excludes halogenated alkanes) is 2. The molecule has 3 heteroatoms. The van der Waals surface area contributed by atoms with Crippen LogP contribution in [0.4, 0.5) is 0 Å². The molecule has 0 aliphatic heterocycles. The molecule has 0 saturated heterocycles. The summed E-state index contributed by atoms with van der Waals surface area (Å²) in [4.78, 5) is 0. The lowest BCUT2D eigenvalue weighted by atomic mass is 10.4. The monoisotopic (exact) mass is 284 g/mol. The SMILES string of the molecule is CCCC[Si](CCCC)(OC)c1cccc(Cl)c1. The first-order valence-electron chi connectivity index (χ1n) is 6.99. The largest absolute Gasteiger partial charge is 0.415 e. The molecule has 0 heterocycles. The molecule has 0 atom stereocenters. The first-order valence-corrected chi connectivity index (χ1v) is 9.69. The first-order chi connectivity index (χ1) is 8.68. The Labute approximate surface area is 118 Å². The Morgan fingerprint density at radius 2 is 1.72 bits per heavy atom. The second kappa shape index (κ2) is 7.98. The van der Waals surface area contributed by atoms with E-state index in [-0.39, 0.29) is 0 Å². The van der Waals surface area contributed by atoms with Gasteiger partial charge in [-0.05, 0) is 29.4 Å². The fourth-order valence-corrected chi connectivity index (χ4v) is 6.85. The standard InChI is InChI=1S/C15H25ClOSi/c1-4-6-11-18(17-3,12-7-5-2)15-10-8-9-14(16)13-15/h8-10,13H,4-7,11-12H2,1-3H3. The molecular formula is C15H25ClOSi. The van der Waals surface area contributed by atoms with E-state index in [1.165, 1.54) is 43.0 Å². The quantitative estimate of drug-likeness (QED) is 0.627. The van der Waals surface area contributed by atoms with Crippen LogP contribution in [-0.4, -0.2) is 15.4 Å². The van der Waals surface area contributed by atoms with Crippen LogP contribution in [0.25, 0.3) is 0 Å². The summed E-state index contributed by atoms with van der Waals surface area (Å²) in [7, 11) is 0.0840. The van der Waals surface area contributed by atoms with Crippen molar-refractivity contribution in [2.45, 2.75) is 51.6 Å². The van der Waals surface area contributed by atoms with Gasteiger partial charge in [0.05, 0.1) is 0 Å². The zero-order valence-corrected chi connectivity index (χ0v) is 13.6. The lowest BCUT2D eigenvalue weighted by Gasteiger charge is -2.30. The van der Waals surface area contributed by atoms with Gasteiger partial charge >= 0.3 is 0 Å². The van der Waals surface area contributed by atoms with Crippen LogP contribution in [0.5, 0.6) is 0 Å².